The summed E-state index contributed by atoms with van der Waals surface area (Å²) in [6.07, 6.45) is 0.585. The number of benzene rings is 3. The van der Waals surface area contributed by atoms with E-state index in [0.29, 0.717) is 40.3 Å². The number of halogens is 3. The van der Waals surface area contributed by atoms with Gasteiger partial charge in [0.2, 0.25) is 5.91 Å². The lowest BCUT2D eigenvalue weighted by molar-refractivity contribution is -0.123. The third kappa shape index (κ3) is 11.4. The van der Waals surface area contributed by atoms with Crippen LogP contribution in [0.1, 0.15) is 95.4 Å². The number of fused-ring (bicyclic) bond motifs is 1. The molecular formula is C41H45Cl3N14O4. The van der Waals surface area contributed by atoms with Gasteiger partial charge >= 0.3 is 0 Å². The maximum Gasteiger partial charge on any atom is 0.299 e. The van der Waals surface area contributed by atoms with Gasteiger partial charge in [0.1, 0.15) is 0 Å². The van der Waals surface area contributed by atoms with E-state index in [2.05, 4.69) is 41.2 Å². The van der Waals surface area contributed by atoms with Gasteiger partial charge in [-0.2, -0.15) is 0 Å². The minimum absolute atomic E-state index is 0.0305. The predicted molar refractivity (Wildman–Crippen MR) is 236 cm³/mol. The number of amides is 4. The van der Waals surface area contributed by atoms with Crippen LogP contribution in [-0.4, -0.2) is 74.3 Å². The van der Waals surface area contributed by atoms with Gasteiger partial charge in [-0.25, -0.2) is 19.0 Å². The molecule has 4 heterocycles. The highest BCUT2D eigenvalue weighted by Gasteiger charge is 2.31. The topological polar surface area (TPSA) is 263 Å². The predicted octanol–water partition coefficient (Wildman–Crippen LogP) is 5.89. The van der Waals surface area contributed by atoms with Crippen LogP contribution in [-0.2, 0) is 30.8 Å². The Hall–Kier alpha value is -6.50. The zero-order chi connectivity index (χ0) is 45.5. The maximum absolute atomic E-state index is 12.2. The van der Waals surface area contributed by atoms with Crippen molar-refractivity contribution in [1.82, 2.24) is 45.0 Å². The molecule has 62 heavy (non-hydrogen) atoms. The van der Waals surface area contributed by atoms with Gasteiger partial charge in [0.25, 0.3) is 17.7 Å². The number of nitrogens with zero attached hydrogens (tertiary/aromatic N) is 10. The monoisotopic (exact) mass is 902 g/mol. The largest absolute Gasteiger partial charge is 0.382 e. The summed E-state index contributed by atoms with van der Waals surface area (Å²) in [5.41, 5.74) is 19.7. The molecule has 3 aromatic heterocycles. The molecule has 0 fully saturated rings. The summed E-state index contributed by atoms with van der Waals surface area (Å²) in [6.45, 7) is 12.5. The summed E-state index contributed by atoms with van der Waals surface area (Å²) in [4.78, 5) is 51.0. The number of nitrogen functional groups attached to an aromatic ring is 1. The van der Waals surface area contributed by atoms with E-state index in [4.69, 9.17) is 52.0 Å². The number of nitrogens with one attached hydrogen (secondary N) is 1. The van der Waals surface area contributed by atoms with Crippen molar-refractivity contribution in [1.29, 1.82) is 0 Å². The quantitative estimate of drug-likeness (QED) is 0.133. The molecule has 0 saturated heterocycles. The van der Waals surface area contributed by atoms with Crippen molar-refractivity contribution in [2.45, 2.75) is 67.6 Å². The summed E-state index contributed by atoms with van der Waals surface area (Å²) in [5.74, 6) is -1.75. The number of nitrogens with two attached hydrogens (primary N) is 3. The fourth-order valence-electron chi connectivity index (χ4n) is 5.59. The van der Waals surface area contributed by atoms with Crippen molar-refractivity contribution in [3.8, 4) is 0 Å². The fraction of sp³-hybridized carbons (Fsp3) is 0.293. The third-order valence-electron chi connectivity index (χ3n) is 9.20. The van der Waals surface area contributed by atoms with Crippen molar-refractivity contribution in [2.75, 3.05) is 11.1 Å². The van der Waals surface area contributed by atoms with Crippen LogP contribution in [0.25, 0.3) is 0 Å². The Morgan fingerprint density at radius 3 is 1.55 bits per heavy atom. The van der Waals surface area contributed by atoms with Crippen molar-refractivity contribution >= 4 is 75.8 Å². The van der Waals surface area contributed by atoms with Crippen LogP contribution in [0.4, 0.5) is 11.6 Å². The second kappa shape index (κ2) is 19.5. The number of carbonyl (C=O) groups is 4. The lowest BCUT2D eigenvalue weighted by atomic mass is 9.85. The van der Waals surface area contributed by atoms with E-state index in [0.717, 1.165) is 28.1 Å². The number of carbonyl (C=O) groups excluding carboxylic acids is 4. The Morgan fingerprint density at radius 2 is 1.10 bits per heavy atom. The van der Waals surface area contributed by atoms with E-state index in [-0.39, 0.29) is 46.8 Å². The number of primary amides is 2. The standard InChI is InChI=1S/C16H17ClN4O.C15H18ClN5O2.C10H10ClN5O/c1-16(2,3)13-8-12-14(15(22)18-13)19-20-21(12)9-10-6-4-5-7-11(10)17;1-15(2,3)14(23)18-13-11(12(17)22)19-20-21(13)8-9-6-4-5-7-10(9)16;11-7-4-2-1-3-6(7)5-16-9(12)8(10(13)17)14-15-16/h4-7H,8-9H2,1-3H3;4-7H,8H2,1-3H3,(H2,17,22)(H,18,23);1-4H,5,12H2,(H2,13,17). The average Bonchev–Trinajstić information content (AvgIpc) is 3.91. The van der Waals surface area contributed by atoms with Gasteiger partial charge in [-0.1, -0.05) is 147 Å². The number of anilines is 2. The first-order valence-electron chi connectivity index (χ1n) is 18.9. The average molecular weight is 904 g/mol. The Bertz CT molecular complexity index is 2650. The molecule has 7 rings (SSSR count). The molecule has 0 saturated carbocycles. The van der Waals surface area contributed by atoms with Gasteiger partial charge in [-0.15, -0.1) is 15.3 Å². The second-order valence-electron chi connectivity index (χ2n) is 16.0. The molecule has 4 amide bonds. The number of hydrogen-bond donors (Lipinski definition) is 4. The smallest absolute Gasteiger partial charge is 0.299 e. The molecule has 324 valence electrons. The Kier molecular flexibility index (Phi) is 14.6. The van der Waals surface area contributed by atoms with E-state index < -0.39 is 17.2 Å². The van der Waals surface area contributed by atoms with Crippen LogP contribution in [0.3, 0.4) is 0 Å². The molecular weight excluding hydrogens is 859 g/mol. The van der Waals surface area contributed by atoms with E-state index >= 15 is 0 Å². The van der Waals surface area contributed by atoms with E-state index in [1.54, 1.807) is 37.6 Å². The number of aromatic nitrogens is 9. The van der Waals surface area contributed by atoms with Gasteiger partial charge in [-0.05, 0) is 34.9 Å². The minimum Gasteiger partial charge on any atom is -0.382 e. The van der Waals surface area contributed by atoms with Crippen LogP contribution < -0.4 is 22.5 Å². The number of hydrogen-bond acceptors (Lipinski definition) is 11. The SMILES string of the molecule is CC(C)(C)C(=O)Nc1c(C(N)=O)nnn1Cc1ccccc1Cl.CC(C)(C)C1=NC(=O)c2nnn(Cc3ccccc3Cl)c2C1.NC(=O)c1nnn(Cc2ccccc2Cl)c1N. The lowest BCUT2D eigenvalue weighted by Crippen LogP contribution is -2.30. The normalized spacial score (nSPS) is 12.3. The van der Waals surface area contributed by atoms with Crippen molar-refractivity contribution < 1.29 is 19.2 Å². The van der Waals surface area contributed by atoms with E-state index in [1.807, 2.05) is 81.4 Å². The third-order valence-corrected chi connectivity index (χ3v) is 10.3. The zero-order valence-electron chi connectivity index (χ0n) is 34.7. The Labute approximate surface area is 371 Å². The van der Waals surface area contributed by atoms with Gasteiger partial charge < -0.3 is 22.5 Å². The molecule has 0 spiro atoms. The second-order valence-corrected chi connectivity index (χ2v) is 17.2. The number of aliphatic imine (C=N–C) groups is 1. The molecule has 6 aromatic rings. The summed E-state index contributed by atoms with van der Waals surface area (Å²) in [6, 6.07) is 22.1. The zero-order valence-corrected chi connectivity index (χ0v) is 37.0. The molecule has 7 N–H and O–H groups in total. The molecule has 3 aromatic carbocycles. The van der Waals surface area contributed by atoms with Gasteiger partial charge in [-0.3, -0.25) is 19.2 Å². The van der Waals surface area contributed by atoms with Crippen LogP contribution in [0.15, 0.2) is 77.8 Å². The van der Waals surface area contributed by atoms with Crippen LogP contribution in [0.2, 0.25) is 15.1 Å². The van der Waals surface area contributed by atoms with Crippen molar-refractivity contribution in [2.24, 2.45) is 27.3 Å². The first-order valence-corrected chi connectivity index (χ1v) is 20.1. The molecule has 1 aliphatic rings. The van der Waals surface area contributed by atoms with E-state index in [1.165, 1.54) is 9.36 Å². The summed E-state index contributed by atoms with van der Waals surface area (Å²) < 4.78 is 4.52. The summed E-state index contributed by atoms with van der Waals surface area (Å²) in [5, 5.41) is 27.6. The highest BCUT2D eigenvalue weighted by molar-refractivity contribution is 6.32. The Morgan fingerprint density at radius 1 is 0.661 bits per heavy atom. The van der Waals surface area contributed by atoms with Gasteiger partial charge in [0.05, 0.1) is 25.3 Å². The fourth-order valence-corrected chi connectivity index (χ4v) is 6.18. The van der Waals surface area contributed by atoms with Gasteiger partial charge in [0.15, 0.2) is 28.7 Å². The molecule has 18 nitrogen and oxygen atoms in total. The first kappa shape index (κ1) is 46.6. The van der Waals surface area contributed by atoms with E-state index in [9.17, 15) is 19.2 Å². The summed E-state index contributed by atoms with van der Waals surface area (Å²) >= 11 is 18.3. The Balaban J connectivity index is 0.000000178. The van der Waals surface area contributed by atoms with Crippen LogP contribution in [0, 0.1) is 10.8 Å². The van der Waals surface area contributed by atoms with Gasteiger partial charge in [0, 0.05) is 38.0 Å². The minimum atomic E-state index is -0.764. The molecule has 1 aliphatic heterocycles. The molecule has 0 radical (unpaired) electrons. The molecule has 0 bridgehead atoms. The molecule has 21 heteroatoms. The molecule has 0 atom stereocenters. The van der Waals surface area contributed by atoms with Crippen molar-refractivity contribution in [3.05, 3.63) is 127 Å². The molecule has 0 aliphatic carbocycles. The maximum atomic E-state index is 12.2. The van der Waals surface area contributed by atoms with Crippen molar-refractivity contribution in [3.63, 3.8) is 0 Å². The molecule has 0 unspecified atom stereocenters. The highest BCUT2D eigenvalue weighted by atomic mass is 35.5. The summed E-state index contributed by atoms with van der Waals surface area (Å²) in [7, 11) is 0. The van der Waals surface area contributed by atoms with Crippen LogP contribution >= 0.6 is 34.8 Å². The lowest BCUT2D eigenvalue weighted by Gasteiger charge is -2.24. The van der Waals surface area contributed by atoms with Crippen LogP contribution in [0.5, 0.6) is 0 Å². The highest BCUT2D eigenvalue weighted by Crippen LogP contribution is 2.27. The first-order chi connectivity index (χ1) is 29.1. The number of rotatable bonds is 9.